The van der Waals surface area contributed by atoms with Crippen molar-refractivity contribution in [2.24, 2.45) is 0 Å². The van der Waals surface area contributed by atoms with Gasteiger partial charge in [-0.25, -0.2) is 8.42 Å². The molecule has 0 radical (unpaired) electrons. The molecule has 2 aromatic rings. The number of sulfonamides is 1. The number of halogens is 1. The van der Waals surface area contributed by atoms with Gasteiger partial charge in [0.05, 0.1) is 28.8 Å². The van der Waals surface area contributed by atoms with Crippen molar-refractivity contribution in [2.45, 2.75) is 18.7 Å². The molecule has 2 aromatic carbocycles. The zero-order valence-corrected chi connectivity index (χ0v) is 15.8. The van der Waals surface area contributed by atoms with Gasteiger partial charge in [0.1, 0.15) is 0 Å². The molecule has 1 aliphatic heterocycles. The number of rotatable bonds is 4. The van der Waals surface area contributed by atoms with Crippen LogP contribution >= 0.6 is 11.6 Å². The molecule has 0 spiro atoms. The fraction of sp³-hybridized carbons (Fsp3) is 0.333. The van der Waals surface area contributed by atoms with Crippen molar-refractivity contribution >= 4 is 33.0 Å². The molecular formula is C18H21ClN2O3S. The van der Waals surface area contributed by atoms with Gasteiger partial charge in [0.2, 0.25) is 0 Å². The first-order valence-electron chi connectivity index (χ1n) is 8.09. The van der Waals surface area contributed by atoms with Crippen LogP contribution in [0, 0.1) is 13.8 Å². The highest BCUT2D eigenvalue weighted by Gasteiger charge is 2.20. The molecule has 5 nitrogen and oxygen atoms in total. The van der Waals surface area contributed by atoms with E-state index in [1.54, 1.807) is 31.2 Å². The Hall–Kier alpha value is -1.76. The first kappa shape index (κ1) is 18.0. The Kier molecular flexibility index (Phi) is 5.22. The van der Waals surface area contributed by atoms with Crippen molar-refractivity contribution in [1.82, 2.24) is 0 Å². The second-order valence-corrected chi connectivity index (χ2v) is 8.20. The van der Waals surface area contributed by atoms with Crippen LogP contribution in [0.5, 0.6) is 0 Å². The third-order valence-corrected chi connectivity index (χ3v) is 6.04. The van der Waals surface area contributed by atoms with E-state index in [-0.39, 0.29) is 4.90 Å². The van der Waals surface area contributed by atoms with Gasteiger partial charge < -0.3 is 9.64 Å². The number of hydrogen-bond donors (Lipinski definition) is 1. The smallest absolute Gasteiger partial charge is 0.262 e. The van der Waals surface area contributed by atoms with Gasteiger partial charge >= 0.3 is 0 Å². The van der Waals surface area contributed by atoms with Gasteiger partial charge in [-0.15, -0.1) is 0 Å². The van der Waals surface area contributed by atoms with Crippen molar-refractivity contribution in [3.8, 4) is 0 Å². The molecule has 0 atom stereocenters. The van der Waals surface area contributed by atoms with E-state index >= 15 is 0 Å². The number of benzene rings is 2. The minimum atomic E-state index is -3.71. The second kappa shape index (κ2) is 7.23. The molecule has 134 valence electrons. The zero-order chi connectivity index (χ0) is 18.0. The fourth-order valence-corrected chi connectivity index (χ4v) is 4.43. The Morgan fingerprint density at radius 2 is 1.80 bits per heavy atom. The van der Waals surface area contributed by atoms with Gasteiger partial charge in [0.25, 0.3) is 10.0 Å². The van der Waals surface area contributed by atoms with Crippen LogP contribution in [-0.4, -0.2) is 34.7 Å². The summed E-state index contributed by atoms with van der Waals surface area (Å²) < 4.78 is 33.6. The van der Waals surface area contributed by atoms with Crippen LogP contribution in [-0.2, 0) is 14.8 Å². The van der Waals surface area contributed by atoms with Crippen molar-refractivity contribution in [3.05, 3.63) is 52.5 Å². The Bertz CT molecular complexity index is 878. The first-order chi connectivity index (χ1) is 11.9. The van der Waals surface area contributed by atoms with Crippen LogP contribution < -0.4 is 9.62 Å². The predicted molar refractivity (Wildman–Crippen MR) is 101 cm³/mol. The lowest BCUT2D eigenvalue weighted by molar-refractivity contribution is 0.122. The molecule has 0 aliphatic carbocycles. The molecule has 1 saturated heterocycles. The van der Waals surface area contributed by atoms with Crippen LogP contribution in [0.1, 0.15) is 11.1 Å². The highest BCUT2D eigenvalue weighted by molar-refractivity contribution is 7.92. The van der Waals surface area contributed by atoms with Gasteiger partial charge in [-0.3, -0.25) is 4.72 Å². The molecule has 0 amide bonds. The normalized spacial score (nSPS) is 15.2. The summed E-state index contributed by atoms with van der Waals surface area (Å²) in [4.78, 5) is 2.41. The van der Waals surface area contributed by atoms with Gasteiger partial charge in [-0.05, 0) is 49.2 Å². The van der Waals surface area contributed by atoms with Crippen LogP contribution in [0.15, 0.2) is 41.3 Å². The molecular weight excluding hydrogens is 360 g/mol. The Labute approximate surface area is 153 Å². The molecule has 0 bridgehead atoms. The van der Waals surface area contributed by atoms with E-state index in [9.17, 15) is 8.42 Å². The minimum absolute atomic E-state index is 0.264. The minimum Gasteiger partial charge on any atom is -0.378 e. The molecule has 25 heavy (non-hydrogen) atoms. The number of anilines is 2. The Morgan fingerprint density at radius 3 is 2.52 bits per heavy atom. The molecule has 1 aliphatic rings. The Morgan fingerprint density at radius 1 is 1.08 bits per heavy atom. The lowest BCUT2D eigenvalue weighted by Crippen LogP contribution is -2.36. The van der Waals surface area contributed by atoms with Crippen LogP contribution in [0.2, 0.25) is 5.02 Å². The monoisotopic (exact) mass is 380 g/mol. The highest BCUT2D eigenvalue weighted by Crippen LogP contribution is 2.30. The summed E-state index contributed by atoms with van der Waals surface area (Å²) in [5.74, 6) is 0. The van der Waals surface area contributed by atoms with Crippen molar-refractivity contribution in [1.29, 1.82) is 0 Å². The molecule has 0 saturated carbocycles. The maximum atomic E-state index is 12.8. The number of morpholine rings is 1. The SMILES string of the molecule is Cc1ccc(C)c(S(=O)(=O)Nc2cc(N3CCOCC3)ccc2Cl)c1. The topological polar surface area (TPSA) is 58.6 Å². The van der Waals surface area contributed by atoms with Gasteiger partial charge in [0, 0.05) is 18.8 Å². The zero-order valence-electron chi connectivity index (χ0n) is 14.3. The number of nitrogens with one attached hydrogen (secondary N) is 1. The molecule has 3 rings (SSSR count). The largest absolute Gasteiger partial charge is 0.378 e. The molecule has 0 unspecified atom stereocenters. The average Bonchev–Trinajstić information content (AvgIpc) is 2.59. The predicted octanol–water partition coefficient (Wildman–Crippen LogP) is 3.59. The summed E-state index contributed by atoms with van der Waals surface area (Å²) in [6.07, 6.45) is 0. The summed E-state index contributed by atoms with van der Waals surface area (Å²) in [5, 5.41) is 0.367. The van der Waals surface area contributed by atoms with E-state index < -0.39 is 10.0 Å². The summed E-state index contributed by atoms with van der Waals surface area (Å²) in [6, 6.07) is 10.7. The number of hydrogen-bond acceptors (Lipinski definition) is 4. The summed E-state index contributed by atoms with van der Waals surface area (Å²) in [6.45, 7) is 6.50. The number of ether oxygens (including phenoxy) is 1. The van der Waals surface area contributed by atoms with E-state index in [2.05, 4.69) is 9.62 Å². The summed E-state index contributed by atoms with van der Waals surface area (Å²) in [5.41, 5.74) is 2.88. The molecule has 1 fully saturated rings. The quantitative estimate of drug-likeness (QED) is 0.880. The maximum absolute atomic E-state index is 12.8. The molecule has 7 heteroatoms. The fourth-order valence-electron chi connectivity index (χ4n) is 2.81. The van der Waals surface area contributed by atoms with Crippen LogP contribution in [0.25, 0.3) is 0 Å². The first-order valence-corrected chi connectivity index (χ1v) is 9.95. The van der Waals surface area contributed by atoms with E-state index in [0.29, 0.717) is 29.5 Å². The highest BCUT2D eigenvalue weighted by atomic mass is 35.5. The van der Waals surface area contributed by atoms with Crippen LogP contribution in [0.3, 0.4) is 0 Å². The summed E-state index contributed by atoms with van der Waals surface area (Å²) >= 11 is 6.23. The van der Waals surface area contributed by atoms with E-state index in [0.717, 1.165) is 24.3 Å². The Balaban J connectivity index is 1.92. The van der Waals surface area contributed by atoms with E-state index in [1.165, 1.54) is 0 Å². The number of nitrogens with zero attached hydrogens (tertiary/aromatic N) is 1. The lowest BCUT2D eigenvalue weighted by atomic mass is 10.2. The molecule has 0 aromatic heterocycles. The maximum Gasteiger partial charge on any atom is 0.262 e. The summed E-state index contributed by atoms with van der Waals surface area (Å²) in [7, 11) is -3.71. The molecule has 1 heterocycles. The standard InChI is InChI=1S/C18H21ClN2O3S/c1-13-3-4-14(2)18(11-13)25(22,23)20-17-12-15(5-6-16(17)19)21-7-9-24-10-8-21/h3-6,11-12,20H,7-10H2,1-2H3. The van der Waals surface area contributed by atoms with Gasteiger partial charge in [0.15, 0.2) is 0 Å². The van der Waals surface area contributed by atoms with E-state index in [4.69, 9.17) is 16.3 Å². The third kappa shape index (κ3) is 4.08. The van der Waals surface area contributed by atoms with Crippen molar-refractivity contribution in [2.75, 3.05) is 35.9 Å². The molecule has 1 N–H and O–H groups in total. The lowest BCUT2D eigenvalue weighted by Gasteiger charge is -2.29. The van der Waals surface area contributed by atoms with Crippen molar-refractivity contribution < 1.29 is 13.2 Å². The van der Waals surface area contributed by atoms with Crippen molar-refractivity contribution in [3.63, 3.8) is 0 Å². The average molecular weight is 381 g/mol. The number of aryl methyl sites for hydroxylation is 2. The van der Waals surface area contributed by atoms with Gasteiger partial charge in [-0.1, -0.05) is 23.7 Å². The van der Waals surface area contributed by atoms with E-state index in [1.807, 2.05) is 19.1 Å². The second-order valence-electron chi connectivity index (χ2n) is 6.14. The third-order valence-electron chi connectivity index (χ3n) is 4.20. The van der Waals surface area contributed by atoms with Gasteiger partial charge in [-0.2, -0.15) is 0 Å². The van der Waals surface area contributed by atoms with Crippen LogP contribution in [0.4, 0.5) is 11.4 Å².